The minimum atomic E-state index is -5.90. The molecule has 4 aromatic rings. The van der Waals surface area contributed by atoms with Gasteiger partial charge in [0.1, 0.15) is 48.5 Å². The van der Waals surface area contributed by atoms with E-state index in [1.807, 2.05) is 0 Å². The van der Waals surface area contributed by atoms with Crippen molar-refractivity contribution < 1.29 is 80.6 Å². The normalized spacial score (nSPS) is 29.9. The van der Waals surface area contributed by atoms with Gasteiger partial charge in [-0.15, -0.1) is 0 Å². The fraction of sp³-hybridized carbons (Fsp3) is 0.545. The maximum Gasteiger partial charge on any atom is 0.488 e. The van der Waals surface area contributed by atoms with Gasteiger partial charge in [-0.05, 0) is 29.9 Å². The lowest BCUT2D eigenvalue weighted by atomic mass is 10.1. The first-order valence-corrected chi connectivity index (χ1v) is 24.7. The first kappa shape index (κ1) is 43.8. The lowest BCUT2D eigenvalue weighted by Crippen LogP contribution is -2.33. The molecule has 0 bridgehead atoms. The predicted octanol–water partition coefficient (Wildman–Crippen LogP) is -1.03. The number of nitrogens with one attached hydrogen (secondary N) is 1. The number of fused-ring (bicyclic) bond motifs is 2. The van der Waals surface area contributed by atoms with E-state index in [-0.39, 0.29) is 22.6 Å². The maximum absolute atomic E-state index is 12.6. The average Bonchev–Trinajstić information content (AvgIpc) is 3.86. The molecule has 12 atom stereocenters. The minimum absolute atomic E-state index is 0.0265. The van der Waals surface area contributed by atoms with Crippen LogP contribution in [0.1, 0.15) is 12.5 Å². The molecular formula is C22H32N10O17P4S3. The Bertz CT molecular complexity index is 2290. The minimum Gasteiger partial charge on any atom is -0.387 e. The number of anilines is 2. The Morgan fingerprint density at radius 1 is 0.786 bits per heavy atom. The summed E-state index contributed by atoms with van der Waals surface area (Å²) in [4.78, 5) is 65.9. The summed E-state index contributed by atoms with van der Waals surface area (Å²) in [5.41, 5.74) is 6.63. The largest absolute Gasteiger partial charge is 0.488 e. The number of nitrogen functional groups attached to an aromatic ring is 1. The number of phosphoric acid groups is 2. The van der Waals surface area contributed by atoms with Crippen molar-refractivity contribution in [2.45, 2.75) is 54.2 Å². The second-order valence-corrected chi connectivity index (χ2v) is 21.3. The molecule has 0 aliphatic carbocycles. The molecule has 0 radical (unpaired) electrons. The number of hydrogen-bond acceptors (Lipinski definition) is 24. The lowest BCUT2D eigenvalue weighted by molar-refractivity contribution is -0.0488. The van der Waals surface area contributed by atoms with Crippen LogP contribution in [0.2, 0.25) is 0 Å². The van der Waals surface area contributed by atoms with Crippen LogP contribution in [0.5, 0.6) is 0 Å². The van der Waals surface area contributed by atoms with Crippen LogP contribution in [-0.4, -0.2) is 142 Å². The fourth-order valence-electron chi connectivity index (χ4n) is 5.40. The van der Waals surface area contributed by atoms with E-state index in [0.29, 0.717) is 16.5 Å². The van der Waals surface area contributed by atoms with Crippen molar-refractivity contribution in [1.29, 1.82) is 0 Å². The zero-order valence-corrected chi connectivity index (χ0v) is 34.2. The molecule has 2 saturated heterocycles. The maximum atomic E-state index is 12.6. The van der Waals surface area contributed by atoms with Crippen molar-refractivity contribution in [2.24, 2.45) is 0 Å². The third kappa shape index (κ3) is 9.48. The Morgan fingerprint density at radius 2 is 1.29 bits per heavy atom. The molecule has 0 amide bonds. The molecule has 56 heavy (non-hydrogen) atoms. The number of nitrogens with two attached hydrogens (primary N) is 1. The summed E-state index contributed by atoms with van der Waals surface area (Å²) < 4.78 is 61.9. The smallest absolute Gasteiger partial charge is 0.387 e. The summed E-state index contributed by atoms with van der Waals surface area (Å²) in [5.74, 6) is 0.403. The molecule has 4 unspecified atom stereocenters. The molecule has 310 valence electrons. The van der Waals surface area contributed by atoms with Gasteiger partial charge in [-0.3, -0.25) is 9.13 Å². The van der Waals surface area contributed by atoms with Crippen LogP contribution in [0, 0.1) is 0 Å². The topological polar surface area (TPSA) is 386 Å². The number of nitrogens with zero attached hydrogens (tertiary/aromatic N) is 8. The van der Waals surface area contributed by atoms with E-state index in [2.05, 4.69) is 60.0 Å². The summed E-state index contributed by atoms with van der Waals surface area (Å²) in [5, 5.41) is 45.7. The van der Waals surface area contributed by atoms with E-state index < -0.39 is 91.4 Å². The third-order valence-corrected chi connectivity index (χ3v) is 16.1. The number of ether oxygens (including phenoxy) is 2. The SMILES string of the molecule is CNc1nc(SC)nc2c1ncn2[C@@H]1O[C@H](COP(O)(=S)OP(=O)(O)OP(=O)(O)OP(O)(=S)OC[C@H]2O[C@@H](n3cnc4c(N)ncnc43)[C@H](O)[C@@H]2O)[C@@H](O)[C@H]1O. The number of aromatic nitrogens is 8. The van der Waals surface area contributed by atoms with Gasteiger partial charge in [0.05, 0.1) is 25.9 Å². The Hall–Kier alpha value is -1.79. The van der Waals surface area contributed by atoms with Crippen LogP contribution < -0.4 is 11.1 Å². The Balaban J connectivity index is 1.02. The molecule has 0 aromatic carbocycles. The number of rotatable bonds is 16. The molecule has 0 spiro atoms. The number of aliphatic hydroxyl groups excluding tert-OH is 4. The summed E-state index contributed by atoms with van der Waals surface area (Å²) in [7, 11) is -10.2. The first-order valence-electron chi connectivity index (χ1n) is 15.3. The van der Waals surface area contributed by atoms with Crippen molar-refractivity contribution >= 4 is 98.4 Å². The first-order chi connectivity index (χ1) is 26.1. The van der Waals surface area contributed by atoms with E-state index in [1.54, 1.807) is 13.3 Å². The second-order valence-electron chi connectivity index (χ2n) is 11.5. The van der Waals surface area contributed by atoms with Crippen molar-refractivity contribution in [1.82, 2.24) is 39.0 Å². The van der Waals surface area contributed by atoms with E-state index in [4.69, 9.17) is 36.1 Å². The highest BCUT2D eigenvalue weighted by atomic mass is 32.5. The molecule has 6 rings (SSSR count). The number of hydrogen-bond donors (Lipinski definition) is 10. The van der Waals surface area contributed by atoms with E-state index in [9.17, 15) is 49.1 Å². The average molecular weight is 929 g/mol. The molecule has 6 heterocycles. The molecular weight excluding hydrogens is 896 g/mol. The van der Waals surface area contributed by atoms with Gasteiger partial charge in [0.25, 0.3) is 0 Å². The predicted molar refractivity (Wildman–Crippen MR) is 196 cm³/mol. The third-order valence-electron chi connectivity index (χ3n) is 7.85. The highest BCUT2D eigenvalue weighted by Gasteiger charge is 2.48. The number of imidazole rings is 2. The molecule has 0 saturated carbocycles. The monoisotopic (exact) mass is 928 g/mol. The Labute approximate surface area is 327 Å². The van der Waals surface area contributed by atoms with Crippen molar-refractivity contribution in [2.75, 3.05) is 37.6 Å². The van der Waals surface area contributed by atoms with E-state index in [0.717, 1.165) is 6.33 Å². The van der Waals surface area contributed by atoms with Crippen LogP contribution in [0.3, 0.4) is 0 Å². The molecule has 4 aromatic heterocycles. The van der Waals surface area contributed by atoms with Gasteiger partial charge >= 0.3 is 29.1 Å². The van der Waals surface area contributed by atoms with Crippen molar-refractivity contribution in [3.8, 4) is 0 Å². The standard InChI is InChI=1S/C22H32N10O17P4S3/c1-24-17-11-19(30-22(29-17)56-2)32(7-28-11)21-15(36)13(34)9(46-21)4-44-53(42,55)49-51(39,40)47-50(37,38)48-52(41,54)43-3-8-12(33)14(35)20(45-8)31-6-27-10-16(23)25-5-26-18(10)31/h5-9,12-15,20-21,33-36H,3-4H2,1-2H3,(H,37,38)(H,39,40)(H,41,54)(H,42,55)(H2,23,25,26)(H,24,29,30)/t8-,9-,12-,13-,14-,15-,20-,21-,52?,53?/m1/s1. The Kier molecular flexibility index (Phi) is 13.1. The van der Waals surface area contributed by atoms with Gasteiger partial charge in [-0.1, -0.05) is 11.8 Å². The summed E-state index contributed by atoms with van der Waals surface area (Å²) in [6, 6.07) is 0. The zero-order valence-electron chi connectivity index (χ0n) is 28.2. The molecule has 2 aliphatic heterocycles. The molecule has 27 nitrogen and oxygen atoms in total. The highest BCUT2D eigenvalue weighted by molar-refractivity contribution is 8.09. The van der Waals surface area contributed by atoms with Gasteiger partial charge in [0.2, 0.25) is 0 Å². The summed E-state index contributed by atoms with van der Waals surface area (Å²) in [6.45, 7) is -11.5. The van der Waals surface area contributed by atoms with E-state index >= 15 is 0 Å². The van der Waals surface area contributed by atoms with Crippen LogP contribution >= 0.6 is 40.8 Å². The Morgan fingerprint density at radius 3 is 1.79 bits per heavy atom. The summed E-state index contributed by atoms with van der Waals surface area (Å²) in [6.07, 6.45) is -6.75. The van der Waals surface area contributed by atoms with E-state index in [1.165, 1.54) is 33.6 Å². The molecule has 2 fully saturated rings. The van der Waals surface area contributed by atoms with Crippen LogP contribution in [0.4, 0.5) is 11.6 Å². The van der Waals surface area contributed by atoms with Crippen LogP contribution in [0.25, 0.3) is 22.3 Å². The molecule has 11 N–H and O–H groups in total. The van der Waals surface area contributed by atoms with Gasteiger partial charge in [-0.25, -0.2) is 47.7 Å². The van der Waals surface area contributed by atoms with Crippen molar-refractivity contribution in [3.05, 3.63) is 19.0 Å². The second kappa shape index (κ2) is 16.7. The van der Waals surface area contributed by atoms with Crippen LogP contribution in [-0.2, 0) is 64.2 Å². The highest BCUT2D eigenvalue weighted by Crippen LogP contribution is 2.71. The van der Waals surface area contributed by atoms with Crippen LogP contribution in [0.15, 0.2) is 24.1 Å². The van der Waals surface area contributed by atoms with Gasteiger partial charge in [0.15, 0.2) is 46.1 Å². The number of aliphatic hydroxyl groups is 4. The van der Waals surface area contributed by atoms with Gasteiger partial charge in [0, 0.05) is 7.05 Å². The van der Waals surface area contributed by atoms with Crippen molar-refractivity contribution in [3.63, 3.8) is 0 Å². The number of thioether (sulfide) groups is 1. The fourth-order valence-corrected chi connectivity index (χ4v) is 12.6. The van der Waals surface area contributed by atoms with Gasteiger partial charge < -0.3 is 69.6 Å². The lowest BCUT2D eigenvalue weighted by Gasteiger charge is -2.24. The summed E-state index contributed by atoms with van der Waals surface area (Å²) >= 11 is 10.6. The molecule has 2 aliphatic rings. The quantitative estimate of drug-likeness (QED) is 0.0365. The zero-order chi connectivity index (χ0) is 41.0. The molecule has 34 heteroatoms. The van der Waals surface area contributed by atoms with Gasteiger partial charge in [-0.2, -0.15) is 4.31 Å².